The largest absolute Gasteiger partial charge is 0.465 e. The van der Waals surface area contributed by atoms with Crippen LogP contribution < -0.4 is 10.2 Å². The van der Waals surface area contributed by atoms with Crippen molar-refractivity contribution in [1.82, 2.24) is 9.80 Å². The lowest BCUT2D eigenvalue weighted by Crippen LogP contribution is -2.48. The van der Waals surface area contributed by atoms with E-state index in [0.29, 0.717) is 48.6 Å². The van der Waals surface area contributed by atoms with Crippen LogP contribution in [0, 0.1) is 0 Å². The highest BCUT2D eigenvalue weighted by Gasteiger charge is 2.29. The van der Waals surface area contributed by atoms with Gasteiger partial charge in [0.1, 0.15) is 0 Å². The van der Waals surface area contributed by atoms with Crippen molar-refractivity contribution >= 4 is 40.3 Å². The van der Waals surface area contributed by atoms with Crippen molar-refractivity contribution in [3.05, 3.63) is 95.0 Å². The number of likely N-dealkylation sites (N-methyl/N-ethyl adjacent to an activating group) is 2. The van der Waals surface area contributed by atoms with Crippen LogP contribution in [-0.4, -0.2) is 81.5 Å². The number of anilines is 2. The van der Waals surface area contributed by atoms with E-state index in [1.54, 1.807) is 36.4 Å². The number of fused-ring (bicyclic) bond motifs is 1. The minimum absolute atomic E-state index is 0.000427. The standard InChI is InChI=1S/C32H34N4O4/c1-34-15-17-36(18-16-34)21-29(37)35(2)25-12-9-22(10-13-25)19-27(23-7-5-4-6-8-23)30-26-14-11-24(32(39)40-3)20-28(26)33-31(30)38/h4-14,20H,15-19,21H2,1-3H3,(H,33,38)/b30-27+/i9D,10D,12D,13D,21D2. The van der Waals surface area contributed by atoms with Gasteiger partial charge in [0.05, 0.1) is 33.0 Å². The first-order valence-corrected chi connectivity index (χ1v) is 12.9. The second kappa shape index (κ2) is 11.9. The van der Waals surface area contributed by atoms with Crippen molar-refractivity contribution in [2.75, 3.05) is 64.1 Å². The first-order chi connectivity index (χ1) is 21.8. The molecule has 3 aromatic rings. The van der Waals surface area contributed by atoms with Crippen LogP contribution in [0.3, 0.4) is 0 Å². The summed E-state index contributed by atoms with van der Waals surface area (Å²) >= 11 is 0. The summed E-state index contributed by atoms with van der Waals surface area (Å²) in [7, 11) is 4.41. The fourth-order valence-corrected chi connectivity index (χ4v) is 4.69. The van der Waals surface area contributed by atoms with E-state index in [4.69, 9.17) is 13.0 Å². The van der Waals surface area contributed by atoms with Gasteiger partial charge in [-0.1, -0.05) is 48.5 Å². The zero-order valence-electron chi connectivity index (χ0n) is 28.6. The van der Waals surface area contributed by atoms with Gasteiger partial charge in [-0.2, -0.15) is 0 Å². The molecule has 0 radical (unpaired) electrons. The van der Waals surface area contributed by atoms with Gasteiger partial charge in [0.15, 0.2) is 0 Å². The first kappa shape index (κ1) is 20.6. The number of ether oxygens (including phenoxy) is 1. The number of amides is 2. The third-order valence-corrected chi connectivity index (χ3v) is 7.02. The van der Waals surface area contributed by atoms with Crippen molar-refractivity contribution in [3.63, 3.8) is 0 Å². The Labute approximate surface area is 243 Å². The molecule has 1 saturated heterocycles. The quantitative estimate of drug-likeness (QED) is 0.360. The summed E-state index contributed by atoms with van der Waals surface area (Å²) in [4.78, 5) is 43.3. The zero-order chi connectivity index (χ0) is 33.5. The number of esters is 1. The number of hydrogen-bond acceptors (Lipinski definition) is 6. The van der Waals surface area contributed by atoms with Gasteiger partial charge in [-0.15, -0.1) is 0 Å². The van der Waals surface area contributed by atoms with E-state index in [1.165, 1.54) is 31.2 Å². The molecule has 1 fully saturated rings. The van der Waals surface area contributed by atoms with Crippen LogP contribution in [0.15, 0.2) is 72.7 Å². The number of nitrogens with zero attached hydrogens (tertiary/aromatic N) is 3. The van der Waals surface area contributed by atoms with Crippen LogP contribution >= 0.6 is 0 Å². The number of nitrogens with one attached hydrogen (secondary N) is 1. The van der Waals surface area contributed by atoms with Crippen molar-refractivity contribution in [3.8, 4) is 0 Å². The molecule has 3 aromatic carbocycles. The Morgan fingerprint density at radius 2 is 1.73 bits per heavy atom. The normalized spacial score (nSPS) is 19.2. The Bertz CT molecular complexity index is 1730. The molecule has 0 atom stereocenters. The first-order valence-electron chi connectivity index (χ1n) is 15.9. The molecule has 2 amide bonds. The molecular formula is C32H34N4O4. The fourth-order valence-electron chi connectivity index (χ4n) is 4.69. The van der Waals surface area contributed by atoms with E-state index < -0.39 is 48.5 Å². The van der Waals surface area contributed by atoms with Gasteiger partial charge in [-0.05, 0) is 54.4 Å². The molecule has 2 aliphatic rings. The number of allylic oxidation sites excluding steroid dienone is 1. The molecule has 2 heterocycles. The Balaban J connectivity index is 1.58. The molecule has 40 heavy (non-hydrogen) atoms. The van der Waals surface area contributed by atoms with Crippen LogP contribution in [0.2, 0.25) is 0 Å². The van der Waals surface area contributed by atoms with E-state index in [9.17, 15) is 14.4 Å². The molecular weight excluding hydrogens is 504 g/mol. The van der Waals surface area contributed by atoms with Crippen LogP contribution in [0.1, 0.15) is 35.3 Å². The molecule has 5 rings (SSSR count). The molecule has 206 valence electrons. The number of hydrogen-bond donors (Lipinski definition) is 1. The van der Waals surface area contributed by atoms with Crippen molar-refractivity contribution in [2.24, 2.45) is 0 Å². The number of carbonyl (C=O) groups excluding carboxylic acids is 3. The fraction of sp³-hybridized carbons (Fsp3) is 0.281. The summed E-state index contributed by atoms with van der Waals surface area (Å²) in [5.41, 5.74) is 2.11. The van der Waals surface area contributed by atoms with E-state index in [1.807, 2.05) is 11.9 Å². The predicted octanol–water partition coefficient (Wildman–Crippen LogP) is 3.79. The summed E-state index contributed by atoms with van der Waals surface area (Å²) in [5.74, 6) is -2.02. The Morgan fingerprint density at radius 1 is 1.02 bits per heavy atom. The van der Waals surface area contributed by atoms with Crippen molar-refractivity contribution in [1.29, 1.82) is 0 Å². The van der Waals surface area contributed by atoms with Gasteiger partial charge < -0.3 is 19.9 Å². The Morgan fingerprint density at radius 3 is 2.40 bits per heavy atom. The topological polar surface area (TPSA) is 82.2 Å². The molecule has 0 aliphatic carbocycles. The van der Waals surface area contributed by atoms with Crippen LogP contribution in [0.4, 0.5) is 11.4 Å². The van der Waals surface area contributed by atoms with Gasteiger partial charge in [0, 0.05) is 50.2 Å². The van der Waals surface area contributed by atoms with Gasteiger partial charge in [0.2, 0.25) is 5.91 Å². The van der Waals surface area contributed by atoms with Crippen LogP contribution in [-0.2, 0) is 20.7 Å². The average molecular weight is 545 g/mol. The third kappa shape index (κ3) is 5.83. The van der Waals surface area contributed by atoms with Gasteiger partial charge in [-0.25, -0.2) is 4.79 Å². The lowest BCUT2D eigenvalue weighted by atomic mass is 9.90. The SMILES string of the molecule is [2H]c1c([2H])c(N(C)C(=O)C([2H])([2H])N2CCN(C)CC2)c([2H])c([2H])c1C/C(=C1\C(=O)Nc2cc(C(=O)OC)ccc21)c1ccccc1. The molecule has 0 bridgehead atoms. The smallest absolute Gasteiger partial charge is 0.337 e. The number of piperazine rings is 1. The van der Waals surface area contributed by atoms with Crippen LogP contribution in [0.5, 0.6) is 0 Å². The second-order valence-electron chi connectivity index (χ2n) is 9.70. The molecule has 0 unspecified atom stereocenters. The number of rotatable bonds is 7. The van der Waals surface area contributed by atoms with E-state index in [-0.39, 0.29) is 28.8 Å². The summed E-state index contributed by atoms with van der Waals surface area (Å²) in [6, 6.07) is 11.7. The van der Waals surface area contributed by atoms with E-state index >= 15 is 0 Å². The van der Waals surface area contributed by atoms with E-state index in [0.717, 1.165) is 4.90 Å². The average Bonchev–Trinajstić information content (AvgIpc) is 3.38. The maximum atomic E-state index is 13.5. The summed E-state index contributed by atoms with van der Waals surface area (Å²) in [6.45, 7) is -0.663. The molecule has 8 heteroatoms. The molecule has 2 aliphatic heterocycles. The minimum Gasteiger partial charge on any atom is -0.465 e. The lowest BCUT2D eigenvalue weighted by molar-refractivity contribution is -0.119. The lowest BCUT2D eigenvalue weighted by Gasteiger charge is -2.32. The Hall–Kier alpha value is -4.27. The highest BCUT2D eigenvalue weighted by atomic mass is 16.5. The van der Waals surface area contributed by atoms with Crippen molar-refractivity contribution < 1.29 is 27.3 Å². The highest BCUT2D eigenvalue weighted by Crippen LogP contribution is 2.39. The predicted molar refractivity (Wildman–Crippen MR) is 157 cm³/mol. The van der Waals surface area contributed by atoms with Crippen molar-refractivity contribution in [2.45, 2.75) is 6.42 Å². The summed E-state index contributed by atoms with van der Waals surface area (Å²) in [5, 5.41) is 2.78. The minimum atomic E-state index is -2.43. The third-order valence-electron chi connectivity index (χ3n) is 7.02. The maximum Gasteiger partial charge on any atom is 0.337 e. The van der Waals surface area contributed by atoms with Gasteiger partial charge in [-0.3, -0.25) is 14.5 Å². The molecule has 0 aromatic heterocycles. The van der Waals surface area contributed by atoms with E-state index in [2.05, 4.69) is 5.32 Å². The van der Waals surface area contributed by atoms with Gasteiger partial charge in [0.25, 0.3) is 5.91 Å². The number of benzene rings is 3. The monoisotopic (exact) mass is 544 g/mol. The maximum absolute atomic E-state index is 13.5. The molecule has 0 saturated carbocycles. The van der Waals surface area contributed by atoms with Crippen LogP contribution in [0.25, 0.3) is 11.1 Å². The second-order valence-corrected chi connectivity index (χ2v) is 9.70. The number of methoxy groups -OCH3 is 1. The number of carbonyl (C=O) groups is 3. The molecule has 0 spiro atoms. The summed E-state index contributed by atoms with van der Waals surface area (Å²) in [6.07, 6.45) is -0.166. The molecule has 8 nitrogen and oxygen atoms in total. The zero-order valence-corrected chi connectivity index (χ0v) is 22.6. The highest BCUT2D eigenvalue weighted by molar-refractivity contribution is 6.37. The van der Waals surface area contributed by atoms with Gasteiger partial charge >= 0.3 is 5.97 Å². The Kier molecular flexibility index (Phi) is 6.11. The molecule has 1 N–H and O–H groups in total. The summed E-state index contributed by atoms with van der Waals surface area (Å²) < 4.78 is 57.3.